The number of amides is 2. The number of aromatic nitrogens is 1. The van der Waals surface area contributed by atoms with Crippen molar-refractivity contribution in [1.82, 2.24) is 15.2 Å². The van der Waals surface area contributed by atoms with Gasteiger partial charge in [0.15, 0.2) is 5.71 Å². The van der Waals surface area contributed by atoms with Crippen LogP contribution in [0.5, 0.6) is 0 Å². The number of allylic oxidation sites excluding steroid dienone is 1. The summed E-state index contributed by atoms with van der Waals surface area (Å²) >= 11 is 7.98. The molecule has 11 nitrogen and oxygen atoms in total. The Labute approximate surface area is 182 Å². The predicted octanol–water partition coefficient (Wildman–Crippen LogP) is 0.440. The van der Waals surface area contributed by atoms with Crippen LogP contribution in [0.25, 0.3) is 0 Å². The second-order valence-electron chi connectivity index (χ2n) is 5.81. The highest BCUT2D eigenvalue weighted by atomic mass is 35.5. The Morgan fingerprint density at radius 2 is 2.20 bits per heavy atom. The Balaban J connectivity index is 1.78. The van der Waals surface area contributed by atoms with Crippen LogP contribution in [0.4, 0.5) is 0 Å². The number of hydrogen-bond donors (Lipinski definition) is 3. The average molecular weight is 473 g/mol. The molecule has 0 aliphatic carbocycles. The highest BCUT2D eigenvalue weighted by Crippen LogP contribution is 2.40. The van der Waals surface area contributed by atoms with Gasteiger partial charge >= 0.3 is 11.9 Å². The standard InChI is InChI=1S/C16H13ClN4O7S2/c17-2-1-7-4-30-15-11(14(25)21(15)12(7)16(26)27)19-13(24)10(8-5-29-6-18-8)20-28-3-9(22)23/h1-2,5-6,11,15H,3-4H2,(H,19,24)(H,22,23)(H,26,27)/b2-1+,20-10-/t11?,15-/m1/s1. The van der Waals surface area contributed by atoms with Crippen molar-refractivity contribution < 1.29 is 34.2 Å². The Bertz CT molecular complexity index is 976. The van der Waals surface area contributed by atoms with Gasteiger partial charge in [-0.3, -0.25) is 14.5 Å². The third-order valence-corrected chi connectivity index (χ3v) is 6.00. The molecule has 1 saturated heterocycles. The first kappa shape index (κ1) is 21.8. The molecule has 158 valence electrons. The van der Waals surface area contributed by atoms with Gasteiger partial charge in [0.05, 0.1) is 5.51 Å². The summed E-state index contributed by atoms with van der Waals surface area (Å²) in [6.07, 6.45) is 1.40. The summed E-state index contributed by atoms with van der Waals surface area (Å²) in [5.74, 6) is -3.70. The quantitative estimate of drug-likeness (QED) is 0.277. The molecule has 3 N–H and O–H groups in total. The minimum absolute atomic E-state index is 0.142. The number of nitrogens with zero attached hydrogens (tertiary/aromatic N) is 3. The SMILES string of the molecule is O=C(O)CO/N=C(\C(=O)NC1C(=O)N2C(C(=O)O)=C(/C=C/Cl)CS[C@H]12)c1cscn1. The zero-order valence-electron chi connectivity index (χ0n) is 14.9. The van der Waals surface area contributed by atoms with Crippen molar-refractivity contribution in [1.29, 1.82) is 0 Å². The zero-order chi connectivity index (χ0) is 21.8. The molecular formula is C16H13ClN4O7S2. The fourth-order valence-electron chi connectivity index (χ4n) is 2.74. The Morgan fingerprint density at radius 1 is 1.43 bits per heavy atom. The third kappa shape index (κ3) is 4.32. The molecule has 2 amide bonds. The van der Waals surface area contributed by atoms with Gasteiger partial charge < -0.3 is 20.4 Å². The highest BCUT2D eigenvalue weighted by Gasteiger charge is 2.54. The molecule has 30 heavy (non-hydrogen) atoms. The summed E-state index contributed by atoms with van der Waals surface area (Å²) in [4.78, 5) is 57.2. The first-order valence-corrected chi connectivity index (χ1v) is 10.6. The average Bonchev–Trinajstić information content (AvgIpc) is 3.23. The van der Waals surface area contributed by atoms with Crippen LogP contribution in [-0.2, 0) is 24.0 Å². The summed E-state index contributed by atoms with van der Waals surface area (Å²) in [6, 6.07) is -0.998. The first-order chi connectivity index (χ1) is 14.3. The van der Waals surface area contributed by atoms with Gasteiger partial charge in [0.1, 0.15) is 22.8 Å². The molecule has 2 aliphatic heterocycles. The summed E-state index contributed by atoms with van der Waals surface area (Å²) in [7, 11) is 0. The number of carbonyl (C=O) groups is 4. The van der Waals surface area contributed by atoms with Gasteiger partial charge in [0.2, 0.25) is 6.61 Å². The topological polar surface area (TPSA) is 158 Å². The van der Waals surface area contributed by atoms with Gasteiger partial charge in [0, 0.05) is 16.7 Å². The fourth-order valence-corrected chi connectivity index (χ4v) is 4.75. The van der Waals surface area contributed by atoms with Crippen LogP contribution < -0.4 is 5.32 Å². The van der Waals surface area contributed by atoms with E-state index in [-0.39, 0.29) is 22.9 Å². The molecule has 0 aromatic carbocycles. The van der Waals surface area contributed by atoms with E-state index in [1.54, 1.807) is 0 Å². The molecule has 1 fully saturated rings. The van der Waals surface area contributed by atoms with Crippen molar-refractivity contribution in [3.8, 4) is 0 Å². The van der Waals surface area contributed by atoms with E-state index in [1.165, 1.54) is 40.1 Å². The van der Waals surface area contributed by atoms with E-state index in [4.69, 9.17) is 16.7 Å². The van der Waals surface area contributed by atoms with Crippen molar-refractivity contribution >= 4 is 64.2 Å². The molecule has 1 aromatic rings. The molecule has 0 radical (unpaired) electrons. The Hall–Kier alpha value is -2.90. The molecule has 0 saturated carbocycles. The van der Waals surface area contributed by atoms with E-state index in [1.807, 2.05) is 0 Å². The van der Waals surface area contributed by atoms with E-state index in [9.17, 15) is 24.3 Å². The predicted molar refractivity (Wildman–Crippen MR) is 107 cm³/mol. The zero-order valence-corrected chi connectivity index (χ0v) is 17.2. The minimum atomic E-state index is -1.28. The third-order valence-electron chi connectivity index (χ3n) is 3.99. The Kier molecular flexibility index (Phi) is 6.74. The van der Waals surface area contributed by atoms with Crippen molar-refractivity contribution in [3.63, 3.8) is 0 Å². The molecule has 2 atom stereocenters. The first-order valence-electron chi connectivity index (χ1n) is 8.14. The number of rotatable bonds is 8. The monoisotopic (exact) mass is 472 g/mol. The maximum atomic E-state index is 12.7. The molecule has 0 spiro atoms. The van der Waals surface area contributed by atoms with E-state index >= 15 is 0 Å². The number of carboxylic acids is 2. The largest absolute Gasteiger partial charge is 0.479 e. The van der Waals surface area contributed by atoms with E-state index in [2.05, 4.69) is 20.3 Å². The number of carboxylic acid groups (broad SMARTS) is 2. The number of thioether (sulfide) groups is 1. The van der Waals surface area contributed by atoms with E-state index in [0.717, 1.165) is 10.4 Å². The number of halogens is 1. The summed E-state index contributed by atoms with van der Waals surface area (Å²) in [5.41, 5.74) is 2.63. The van der Waals surface area contributed by atoms with Crippen molar-refractivity contribution in [3.05, 3.63) is 39.5 Å². The number of hydrogen-bond acceptors (Lipinski definition) is 9. The number of oxime groups is 1. The molecule has 0 bridgehead atoms. The summed E-state index contributed by atoms with van der Waals surface area (Å²) in [5, 5.41) is 25.0. The number of fused-ring (bicyclic) bond motifs is 1. The van der Waals surface area contributed by atoms with Crippen LogP contribution in [-0.4, -0.2) is 73.3 Å². The van der Waals surface area contributed by atoms with Gasteiger partial charge in [-0.25, -0.2) is 14.6 Å². The van der Waals surface area contributed by atoms with Gasteiger partial charge in [-0.2, -0.15) is 0 Å². The lowest BCUT2D eigenvalue weighted by Gasteiger charge is -2.49. The van der Waals surface area contributed by atoms with Crippen LogP contribution in [0, 0.1) is 0 Å². The van der Waals surface area contributed by atoms with Crippen molar-refractivity contribution in [2.75, 3.05) is 12.4 Å². The van der Waals surface area contributed by atoms with Gasteiger partial charge in [-0.1, -0.05) is 16.8 Å². The summed E-state index contributed by atoms with van der Waals surface area (Å²) < 4.78 is 0. The molecule has 1 unspecified atom stereocenters. The lowest BCUT2D eigenvalue weighted by Crippen LogP contribution is -2.71. The number of thiazole rings is 1. The number of aliphatic carboxylic acids is 2. The second kappa shape index (κ2) is 9.28. The van der Waals surface area contributed by atoms with Crippen LogP contribution in [0.2, 0.25) is 0 Å². The molecule has 1 aromatic heterocycles. The van der Waals surface area contributed by atoms with Gasteiger partial charge in [-0.15, -0.1) is 23.1 Å². The normalized spacial score (nSPS) is 21.3. The molecular weight excluding hydrogens is 460 g/mol. The highest BCUT2D eigenvalue weighted by molar-refractivity contribution is 8.00. The maximum Gasteiger partial charge on any atom is 0.352 e. The Morgan fingerprint density at radius 3 is 2.80 bits per heavy atom. The lowest BCUT2D eigenvalue weighted by molar-refractivity contribution is -0.150. The van der Waals surface area contributed by atoms with Crippen LogP contribution in [0.15, 0.2) is 38.9 Å². The van der Waals surface area contributed by atoms with E-state index in [0.29, 0.717) is 5.57 Å². The van der Waals surface area contributed by atoms with Crippen LogP contribution >= 0.6 is 34.7 Å². The number of β-lactam (4-membered cyclic amide) rings is 1. The second-order valence-corrected chi connectivity index (χ2v) is 7.89. The maximum absolute atomic E-state index is 12.7. The summed E-state index contributed by atoms with van der Waals surface area (Å²) in [6.45, 7) is -0.765. The smallest absolute Gasteiger partial charge is 0.352 e. The molecule has 2 aliphatic rings. The lowest BCUT2D eigenvalue weighted by atomic mass is 10.0. The van der Waals surface area contributed by atoms with Gasteiger partial charge in [0.25, 0.3) is 11.8 Å². The van der Waals surface area contributed by atoms with Gasteiger partial charge in [-0.05, 0) is 11.6 Å². The fraction of sp³-hybridized carbons (Fsp3) is 0.250. The minimum Gasteiger partial charge on any atom is -0.479 e. The van der Waals surface area contributed by atoms with Crippen LogP contribution in [0.1, 0.15) is 5.69 Å². The number of carbonyl (C=O) groups excluding carboxylic acids is 2. The number of nitrogens with one attached hydrogen (secondary N) is 1. The molecule has 3 rings (SSSR count). The molecule has 14 heteroatoms. The van der Waals surface area contributed by atoms with E-state index < -0.39 is 41.8 Å². The van der Waals surface area contributed by atoms with Crippen molar-refractivity contribution in [2.45, 2.75) is 11.4 Å². The van der Waals surface area contributed by atoms with Crippen molar-refractivity contribution in [2.24, 2.45) is 5.16 Å². The van der Waals surface area contributed by atoms with Crippen LogP contribution in [0.3, 0.4) is 0 Å². The molecule has 3 heterocycles.